The van der Waals surface area contributed by atoms with Crippen LogP contribution in [-0.2, 0) is 14.6 Å². The number of carbonyl (C=O) groups is 2. The van der Waals surface area contributed by atoms with Crippen LogP contribution in [0.3, 0.4) is 0 Å². The third kappa shape index (κ3) is 8.00. The van der Waals surface area contributed by atoms with Gasteiger partial charge in [-0.25, -0.2) is 12.8 Å². The van der Waals surface area contributed by atoms with Gasteiger partial charge in [0.05, 0.1) is 11.2 Å². The predicted molar refractivity (Wildman–Crippen MR) is 161 cm³/mol. The average molecular weight is 642 g/mol. The summed E-state index contributed by atoms with van der Waals surface area (Å²) in [6.07, 6.45) is 0.00283. The van der Waals surface area contributed by atoms with Crippen molar-refractivity contribution in [2.45, 2.75) is 76.4 Å². The number of carbonyl (C=O) groups excluding carboxylic acids is 2. The maximum absolute atomic E-state index is 15.1. The molecule has 1 aromatic carbocycles. The van der Waals surface area contributed by atoms with E-state index in [1.807, 2.05) is 4.90 Å². The summed E-state index contributed by atoms with van der Waals surface area (Å²) in [7, 11) is -3.35. The molecule has 5 unspecified atom stereocenters. The molecular weight excluding hydrogens is 598 g/mol. The second-order valence-electron chi connectivity index (χ2n) is 12.9. The van der Waals surface area contributed by atoms with Gasteiger partial charge in [-0.1, -0.05) is 37.1 Å². The summed E-state index contributed by atoms with van der Waals surface area (Å²) in [6.45, 7) is 3.75. The number of piperidine rings is 1. The average Bonchev–Trinajstić information content (AvgIpc) is 3.23. The Bertz CT molecular complexity index is 1390. The van der Waals surface area contributed by atoms with Crippen molar-refractivity contribution in [3.63, 3.8) is 0 Å². The minimum absolute atomic E-state index is 0.0357. The third-order valence-electron chi connectivity index (χ3n) is 9.91. The largest absolute Gasteiger partial charge is 0.508 e. The van der Waals surface area contributed by atoms with Gasteiger partial charge in [-0.3, -0.25) is 9.59 Å². The Kier molecular flexibility index (Phi) is 10.8. The first kappa shape index (κ1) is 34.3. The maximum atomic E-state index is 15.1. The predicted octanol–water partition coefficient (Wildman–Crippen LogP) is 6.50. The molecule has 1 aromatic rings. The van der Waals surface area contributed by atoms with Gasteiger partial charge in [0.15, 0.2) is 5.78 Å². The van der Waals surface area contributed by atoms with E-state index in [-0.39, 0.29) is 68.2 Å². The molecule has 1 aliphatic heterocycles. The number of hydrogen-bond donors (Lipinski definition) is 1. The summed E-state index contributed by atoms with van der Waals surface area (Å²) in [5.74, 6) is -5.87. The van der Waals surface area contributed by atoms with Crippen LogP contribution >= 0.6 is 0 Å². The summed E-state index contributed by atoms with van der Waals surface area (Å²) < 4.78 is 81.1. The van der Waals surface area contributed by atoms with E-state index >= 15 is 4.39 Å². The molecule has 2 aliphatic carbocycles. The zero-order chi connectivity index (χ0) is 32.4. The van der Waals surface area contributed by atoms with Crippen molar-refractivity contribution in [1.29, 1.82) is 0 Å². The number of likely N-dealkylation sites (tertiary alicyclic amines) is 1. The van der Waals surface area contributed by atoms with Gasteiger partial charge in [-0.15, -0.1) is 0 Å². The van der Waals surface area contributed by atoms with Crippen molar-refractivity contribution < 1.29 is 40.7 Å². The zero-order valence-corrected chi connectivity index (χ0v) is 26.3. The van der Waals surface area contributed by atoms with Crippen LogP contribution in [0, 0.1) is 29.6 Å². The molecule has 0 aromatic heterocycles. The van der Waals surface area contributed by atoms with Gasteiger partial charge < -0.3 is 10.0 Å². The molecule has 4 rings (SSSR count). The summed E-state index contributed by atoms with van der Waals surface area (Å²) in [4.78, 5) is 30.5. The molecule has 7 atom stereocenters. The number of phenols is 1. The molecule has 1 heterocycles. The fourth-order valence-electron chi connectivity index (χ4n) is 7.12. The number of hydrogen-bond acceptors (Lipinski definition) is 6. The first-order valence-electron chi connectivity index (χ1n) is 15.4. The molecular formula is C33H43F4NO5S. The van der Waals surface area contributed by atoms with Crippen LogP contribution in [0.5, 0.6) is 5.75 Å². The standard InChI is InChI=1S/C33H43F4NO5S/c1-20(44(3,42)43)14-15-38-18-27(31(40)22-8-4-5-10-24(16-22)33(35,36)37)30(26-12-7-13-29(34)21(26)2)28(19-38)32(41)23-9-6-11-25(39)17-23/h6-7,9,11-12,17,20,22,24,27-30,39H,4-5,8,10,13-16,18-19H2,1-3H3/t20?,22?,24-,27+,28?,29?,30?/m0/s1. The molecule has 6 nitrogen and oxygen atoms in total. The van der Waals surface area contributed by atoms with Gasteiger partial charge in [0, 0.05) is 55.0 Å². The normalized spacial score (nSPS) is 29.7. The number of benzene rings is 1. The highest BCUT2D eigenvalue weighted by Crippen LogP contribution is 2.45. The molecule has 244 valence electrons. The Morgan fingerprint density at radius 2 is 1.80 bits per heavy atom. The van der Waals surface area contributed by atoms with Crippen LogP contribution < -0.4 is 0 Å². The van der Waals surface area contributed by atoms with Gasteiger partial charge in [0.25, 0.3) is 0 Å². The molecule has 1 saturated heterocycles. The lowest BCUT2D eigenvalue weighted by atomic mass is 9.65. The second kappa shape index (κ2) is 13.8. The number of aromatic hydroxyl groups is 1. The number of allylic oxidation sites excluding steroid dienone is 4. The summed E-state index contributed by atoms with van der Waals surface area (Å²) in [5.41, 5.74) is 1.13. The number of ketones is 2. The minimum atomic E-state index is -4.43. The number of rotatable bonds is 9. The van der Waals surface area contributed by atoms with E-state index in [4.69, 9.17) is 0 Å². The first-order chi connectivity index (χ1) is 20.6. The Hall–Kier alpha value is -2.53. The van der Waals surface area contributed by atoms with Crippen LogP contribution in [0.25, 0.3) is 0 Å². The summed E-state index contributed by atoms with van der Waals surface area (Å²) >= 11 is 0. The van der Waals surface area contributed by atoms with Gasteiger partial charge in [0.2, 0.25) is 0 Å². The molecule has 44 heavy (non-hydrogen) atoms. The Balaban J connectivity index is 1.79. The highest BCUT2D eigenvalue weighted by Gasteiger charge is 2.49. The smallest absolute Gasteiger partial charge is 0.391 e. The lowest BCUT2D eigenvalue weighted by molar-refractivity contribution is -0.180. The molecule has 0 radical (unpaired) electrons. The van der Waals surface area contributed by atoms with Gasteiger partial charge >= 0.3 is 6.18 Å². The van der Waals surface area contributed by atoms with Crippen molar-refractivity contribution in [3.8, 4) is 5.75 Å². The topological polar surface area (TPSA) is 91.8 Å². The Morgan fingerprint density at radius 1 is 1.11 bits per heavy atom. The summed E-state index contributed by atoms with van der Waals surface area (Å²) in [6, 6.07) is 5.83. The van der Waals surface area contributed by atoms with Crippen molar-refractivity contribution in [3.05, 3.63) is 53.1 Å². The zero-order valence-electron chi connectivity index (χ0n) is 25.5. The number of sulfone groups is 1. The third-order valence-corrected chi connectivity index (χ3v) is 11.6. The van der Waals surface area contributed by atoms with Crippen LogP contribution in [0.4, 0.5) is 17.6 Å². The lowest BCUT2D eigenvalue weighted by Crippen LogP contribution is -2.53. The number of phenolic OH excluding ortho intramolecular Hbond substituents is 1. The molecule has 3 aliphatic rings. The number of nitrogens with zero attached hydrogens (tertiary/aromatic N) is 1. The number of halogens is 4. The van der Waals surface area contributed by atoms with Crippen molar-refractivity contribution in [1.82, 2.24) is 4.90 Å². The van der Waals surface area contributed by atoms with Gasteiger partial charge in [-0.2, -0.15) is 13.2 Å². The fourth-order valence-corrected chi connectivity index (χ4v) is 7.65. The monoisotopic (exact) mass is 641 g/mol. The number of Topliss-reactive ketones (excluding diaryl/α,β-unsaturated/α-hetero) is 2. The Morgan fingerprint density at radius 3 is 2.45 bits per heavy atom. The molecule has 2 fully saturated rings. The van der Waals surface area contributed by atoms with Crippen molar-refractivity contribution in [2.75, 3.05) is 25.9 Å². The maximum Gasteiger partial charge on any atom is 0.391 e. The van der Waals surface area contributed by atoms with Crippen LogP contribution in [0.2, 0.25) is 0 Å². The van der Waals surface area contributed by atoms with Crippen LogP contribution in [0.15, 0.2) is 47.6 Å². The van der Waals surface area contributed by atoms with E-state index in [9.17, 15) is 36.3 Å². The van der Waals surface area contributed by atoms with Crippen LogP contribution in [-0.4, -0.2) is 73.5 Å². The van der Waals surface area contributed by atoms with Crippen LogP contribution in [0.1, 0.15) is 69.2 Å². The van der Waals surface area contributed by atoms with E-state index in [1.54, 1.807) is 32.1 Å². The van der Waals surface area contributed by atoms with Gasteiger partial charge in [0.1, 0.15) is 27.5 Å². The summed E-state index contributed by atoms with van der Waals surface area (Å²) in [5, 5.41) is 9.44. The molecule has 0 spiro atoms. The highest BCUT2D eigenvalue weighted by molar-refractivity contribution is 7.91. The Labute approximate surface area is 257 Å². The lowest BCUT2D eigenvalue weighted by Gasteiger charge is -2.45. The molecule has 1 N–H and O–H groups in total. The molecule has 0 amide bonds. The second-order valence-corrected chi connectivity index (χ2v) is 15.4. The van der Waals surface area contributed by atoms with Crippen molar-refractivity contribution in [2.24, 2.45) is 29.6 Å². The van der Waals surface area contributed by atoms with E-state index in [1.165, 1.54) is 18.2 Å². The SMILES string of the molecule is CC1=C(C2C(C(=O)c3cccc(O)c3)CN(CCC(C)S(C)(=O)=O)C[C@H]2C(=O)C2CCCC[C@H](C(F)(F)F)C2)C=CCC1F. The number of alkyl halides is 4. The molecule has 0 bridgehead atoms. The quantitative estimate of drug-likeness (QED) is 0.188. The minimum Gasteiger partial charge on any atom is -0.508 e. The van der Waals surface area contributed by atoms with Crippen molar-refractivity contribution >= 4 is 21.4 Å². The first-order valence-corrected chi connectivity index (χ1v) is 17.4. The highest BCUT2D eigenvalue weighted by atomic mass is 32.2. The van der Waals surface area contributed by atoms with E-state index < -0.39 is 57.0 Å². The van der Waals surface area contributed by atoms with E-state index in [2.05, 4.69) is 0 Å². The molecule has 11 heteroatoms. The van der Waals surface area contributed by atoms with E-state index in [0.29, 0.717) is 30.4 Å². The molecule has 1 saturated carbocycles. The van der Waals surface area contributed by atoms with E-state index in [0.717, 1.165) is 6.26 Å². The fraction of sp³-hybridized carbons (Fsp3) is 0.636. The van der Waals surface area contributed by atoms with Gasteiger partial charge in [-0.05, 0) is 69.4 Å².